The number of thioether (sulfide) groups is 1. The van der Waals surface area contributed by atoms with Gasteiger partial charge in [-0.05, 0) is 44.2 Å². The van der Waals surface area contributed by atoms with E-state index in [0.29, 0.717) is 24.7 Å². The summed E-state index contributed by atoms with van der Waals surface area (Å²) in [6.45, 7) is 7.94. The van der Waals surface area contributed by atoms with Crippen LogP contribution in [0, 0.1) is 0 Å². The van der Waals surface area contributed by atoms with Crippen LogP contribution in [0.2, 0.25) is 5.02 Å². The molecule has 1 aromatic rings. The molecule has 4 nitrogen and oxygen atoms in total. The molecule has 0 aliphatic heterocycles. The first-order valence-corrected chi connectivity index (χ1v) is 10.2. The summed E-state index contributed by atoms with van der Waals surface area (Å²) in [5, 5.41) is 2.22. The Morgan fingerprint density at radius 1 is 1.21 bits per heavy atom. The van der Waals surface area contributed by atoms with Crippen molar-refractivity contribution in [1.82, 2.24) is 5.06 Å². The monoisotopic (exact) mass is 372 g/mol. The Balaban J connectivity index is 2.94. The largest absolute Gasteiger partial charge is 0.348 e. The van der Waals surface area contributed by atoms with Crippen molar-refractivity contribution >= 4 is 35.1 Å². The Hall–Kier alpha value is -0.910. The molecule has 0 fully saturated rings. The fourth-order valence-electron chi connectivity index (χ4n) is 2.22. The van der Waals surface area contributed by atoms with Gasteiger partial charge in [0.1, 0.15) is 0 Å². The number of hydroxylamine groups is 2. The molecule has 0 heterocycles. The molecule has 1 rings (SSSR count). The third-order valence-corrected chi connectivity index (χ3v) is 4.89. The van der Waals surface area contributed by atoms with E-state index < -0.39 is 0 Å². The summed E-state index contributed by atoms with van der Waals surface area (Å²) in [7, 11) is 0. The van der Waals surface area contributed by atoms with Crippen LogP contribution in [0.4, 0.5) is 10.5 Å². The van der Waals surface area contributed by atoms with Crippen LogP contribution in [0.15, 0.2) is 23.1 Å². The number of hydrogen-bond donors (Lipinski definition) is 0. The maximum Gasteiger partial charge on any atom is 0.348 e. The van der Waals surface area contributed by atoms with Gasteiger partial charge >= 0.3 is 6.03 Å². The Bertz CT molecular complexity index is 514. The van der Waals surface area contributed by atoms with E-state index in [0.717, 1.165) is 36.3 Å². The third kappa shape index (κ3) is 6.19. The smallest absolute Gasteiger partial charge is 0.293 e. The molecule has 0 unspecified atom stereocenters. The number of urea groups is 1. The average molecular weight is 373 g/mol. The van der Waals surface area contributed by atoms with Crippen LogP contribution in [-0.4, -0.2) is 37.0 Å². The summed E-state index contributed by atoms with van der Waals surface area (Å²) in [6.07, 6.45) is 5.91. The summed E-state index contributed by atoms with van der Waals surface area (Å²) in [5.74, 6) is 0. The topological polar surface area (TPSA) is 32.8 Å². The number of unbranched alkanes of at least 4 members (excludes halogenated alkanes) is 2. The molecule has 2 amide bonds. The number of carbonyl (C=O) groups excluding carboxylic acids is 1. The van der Waals surface area contributed by atoms with Crippen LogP contribution in [-0.2, 0) is 4.84 Å². The van der Waals surface area contributed by atoms with Gasteiger partial charge in [0.2, 0.25) is 0 Å². The highest BCUT2D eigenvalue weighted by molar-refractivity contribution is 7.98. The summed E-state index contributed by atoms with van der Waals surface area (Å²) < 4.78 is 0. The number of rotatable bonds is 10. The lowest BCUT2D eigenvalue weighted by Crippen LogP contribution is -2.44. The molecule has 1 aromatic carbocycles. The van der Waals surface area contributed by atoms with Gasteiger partial charge in [0, 0.05) is 17.1 Å². The van der Waals surface area contributed by atoms with Crippen LogP contribution >= 0.6 is 23.4 Å². The van der Waals surface area contributed by atoms with E-state index in [1.807, 2.05) is 31.4 Å². The molecule has 136 valence electrons. The minimum atomic E-state index is -0.114. The molecular formula is C18H29ClN2O2S. The van der Waals surface area contributed by atoms with Gasteiger partial charge < -0.3 is 0 Å². The summed E-state index contributed by atoms with van der Waals surface area (Å²) in [4.78, 5) is 21.4. The molecule has 0 aliphatic carbocycles. The molecular weight excluding hydrogens is 344 g/mol. The van der Waals surface area contributed by atoms with Crippen LogP contribution < -0.4 is 4.90 Å². The molecule has 0 radical (unpaired) electrons. The molecule has 6 heteroatoms. The van der Waals surface area contributed by atoms with Crippen LogP contribution in [0.25, 0.3) is 0 Å². The molecule has 0 spiro atoms. The number of hydrogen-bond acceptors (Lipinski definition) is 3. The maximum atomic E-state index is 12.9. The van der Waals surface area contributed by atoms with Gasteiger partial charge in [-0.2, -0.15) is 0 Å². The van der Waals surface area contributed by atoms with E-state index >= 15 is 0 Å². The second-order valence-corrected chi connectivity index (χ2v) is 6.74. The predicted molar refractivity (Wildman–Crippen MR) is 104 cm³/mol. The number of amides is 2. The zero-order valence-corrected chi connectivity index (χ0v) is 16.8. The Morgan fingerprint density at radius 3 is 2.50 bits per heavy atom. The van der Waals surface area contributed by atoms with Crippen LogP contribution in [0.3, 0.4) is 0 Å². The van der Waals surface area contributed by atoms with E-state index in [1.165, 1.54) is 5.06 Å². The molecule has 24 heavy (non-hydrogen) atoms. The lowest BCUT2D eigenvalue weighted by atomic mass is 10.3. The Kier molecular flexibility index (Phi) is 10.2. The first-order valence-electron chi connectivity index (χ1n) is 8.64. The molecule has 0 aromatic heterocycles. The highest BCUT2D eigenvalue weighted by Crippen LogP contribution is 2.30. The molecule has 0 saturated carbocycles. The molecule has 0 bridgehead atoms. The number of nitrogens with zero attached hydrogens (tertiary/aromatic N) is 2. The lowest BCUT2D eigenvalue weighted by Gasteiger charge is -2.29. The lowest BCUT2D eigenvalue weighted by molar-refractivity contribution is -0.116. The van der Waals surface area contributed by atoms with Crippen molar-refractivity contribution in [3.8, 4) is 0 Å². The van der Waals surface area contributed by atoms with Crippen molar-refractivity contribution in [2.75, 3.05) is 30.9 Å². The van der Waals surface area contributed by atoms with E-state index in [4.69, 9.17) is 16.4 Å². The molecule has 0 atom stereocenters. The van der Waals surface area contributed by atoms with Crippen molar-refractivity contribution < 1.29 is 9.63 Å². The van der Waals surface area contributed by atoms with Crippen LogP contribution in [0.5, 0.6) is 0 Å². The quantitative estimate of drug-likeness (QED) is 0.293. The van der Waals surface area contributed by atoms with Gasteiger partial charge in [-0.25, -0.2) is 9.86 Å². The summed E-state index contributed by atoms with van der Waals surface area (Å²) in [6, 6.07) is 5.57. The minimum absolute atomic E-state index is 0.114. The number of benzene rings is 1. The van der Waals surface area contributed by atoms with Gasteiger partial charge in [-0.15, -0.1) is 11.8 Å². The maximum absolute atomic E-state index is 12.9. The third-order valence-electron chi connectivity index (χ3n) is 3.67. The van der Waals surface area contributed by atoms with E-state index in [2.05, 4.69) is 13.8 Å². The molecule has 0 saturated heterocycles. The Morgan fingerprint density at radius 2 is 1.92 bits per heavy atom. The van der Waals surface area contributed by atoms with Crippen molar-refractivity contribution in [3.05, 3.63) is 23.2 Å². The van der Waals surface area contributed by atoms with Gasteiger partial charge in [0.25, 0.3) is 0 Å². The molecule has 0 N–H and O–H groups in total. The highest BCUT2D eigenvalue weighted by atomic mass is 35.5. The van der Waals surface area contributed by atoms with Crippen molar-refractivity contribution in [3.63, 3.8) is 0 Å². The molecule has 0 aliphatic rings. The number of anilines is 1. The summed E-state index contributed by atoms with van der Waals surface area (Å²) in [5.41, 5.74) is 0.844. The van der Waals surface area contributed by atoms with Gasteiger partial charge in [-0.1, -0.05) is 38.3 Å². The van der Waals surface area contributed by atoms with Crippen LogP contribution in [0.1, 0.15) is 46.5 Å². The van der Waals surface area contributed by atoms with Gasteiger partial charge in [-0.3, -0.25) is 9.74 Å². The van der Waals surface area contributed by atoms with E-state index in [9.17, 15) is 4.79 Å². The standard InChI is InChI=1S/C18H29ClN2O2S/c1-5-8-12-21(23-13-9-6-2)18(22)20(7-3)15-10-11-16(19)17(14-15)24-4/h10-11,14H,5-9,12-13H2,1-4H3. The zero-order valence-electron chi connectivity index (χ0n) is 15.2. The summed E-state index contributed by atoms with van der Waals surface area (Å²) >= 11 is 7.75. The second-order valence-electron chi connectivity index (χ2n) is 5.49. The predicted octanol–water partition coefficient (Wildman–Crippen LogP) is 5.84. The fraction of sp³-hybridized carbons (Fsp3) is 0.611. The van der Waals surface area contributed by atoms with E-state index in [-0.39, 0.29) is 6.03 Å². The zero-order chi connectivity index (χ0) is 17.9. The Labute approximate surface area is 155 Å². The second kappa shape index (κ2) is 11.6. The minimum Gasteiger partial charge on any atom is -0.293 e. The van der Waals surface area contributed by atoms with E-state index in [1.54, 1.807) is 16.7 Å². The van der Waals surface area contributed by atoms with Crippen molar-refractivity contribution in [2.45, 2.75) is 51.3 Å². The number of halogens is 1. The van der Waals surface area contributed by atoms with Crippen molar-refractivity contribution in [1.29, 1.82) is 0 Å². The fourth-order valence-corrected chi connectivity index (χ4v) is 3.07. The first kappa shape index (κ1) is 21.1. The normalized spacial score (nSPS) is 10.7. The SMILES string of the molecule is CCCCON(CCCC)C(=O)N(CC)c1ccc(Cl)c(SC)c1. The van der Waals surface area contributed by atoms with Crippen molar-refractivity contribution in [2.24, 2.45) is 0 Å². The van der Waals surface area contributed by atoms with Gasteiger partial charge in [0.05, 0.1) is 18.2 Å². The first-order chi connectivity index (χ1) is 11.6. The highest BCUT2D eigenvalue weighted by Gasteiger charge is 2.22. The average Bonchev–Trinajstić information content (AvgIpc) is 2.59. The van der Waals surface area contributed by atoms with Gasteiger partial charge in [0.15, 0.2) is 0 Å². The number of carbonyl (C=O) groups is 1.